The van der Waals surface area contributed by atoms with Crippen LogP contribution in [0.15, 0.2) is 18.2 Å². The van der Waals surface area contributed by atoms with Crippen molar-refractivity contribution in [3.8, 4) is 5.75 Å². The molecule has 17 heavy (non-hydrogen) atoms. The van der Waals surface area contributed by atoms with Gasteiger partial charge in [0.05, 0.1) is 11.5 Å². The molecule has 1 rings (SSSR count). The Morgan fingerprint density at radius 3 is 2.82 bits per heavy atom. The van der Waals surface area contributed by atoms with Gasteiger partial charge in [-0.3, -0.25) is 10.1 Å². The third-order valence-electron chi connectivity index (χ3n) is 2.44. The number of hydrogen-bond donors (Lipinski definition) is 0. The normalized spacial score (nSPS) is 12.2. The number of hydrogen-bond acceptors (Lipinski definition) is 3. The van der Waals surface area contributed by atoms with E-state index < -0.39 is 16.4 Å². The summed E-state index contributed by atoms with van der Waals surface area (Å²) in [6.45, 7) is 4.41. The maximum atomic E-state index is 13.3. The molecule has 0 aliphatic carbocycles. The number of para-hydroxylation sites is 1. The van der Waals surface area contributed by atoms with E-state index in [9.17, 15) is 14.5 Å². The van der Waals surface area contributed by atoms with Gasteiger partial charge in [-0.05, 0) is 24.5 Å². The summed E-state index contributed by atoms with van der Waals surface area (Å²) in [6, 6.07) is 3.88. The van der Waals surface area contributed by atoms with Crippen molar-refractivity contribution in [3.05, 3.63) is 34.1 Å². The van der Waals surface area contributed by atoms with Crippen LogP contribution in [0.1, 0.15) is 26.7 Å². The number of halogens is 1. The minimum Gasteiger partial charge on any atom is -0.486 e. The van der Waals surface area contributed by atoms with Crippen LogP contribution in [0.25, 0.3) is 0 Å². The summed E-state index contributed by atoms with van der Waals surface area (Å²) in [4.78, 5) is 9.94. The molecule has 0 aliphatic rings. The molecule has 1 aromatic rings. The van der Waals surface area contributed by atoms with Crippen molar-refractivity contribution in [1.29, 1.82) is 0 Å². The van der Waals surface area contributed by atoms with Crippen molar-refractivity contribution in [2.75, 3.05) is 6.61 Å². The van der Waals surface area contributed by atoms with E-state index in [1.165, 1.54) is 12.1 Å². The predicted octanol–water partition coefficient (Wildman–Crippen LogP) is 3.55. The Balaban J connectivity index is 2.77. The van der Waals surface area contributed by atoms with E-state index in [0.717, 1.165) is 18.9 Å². The van der Waals surface area contributed by atoms with Crippen molar-refractivity contribution < 1.29 is 14.1 Å². The summed E-state index contributed by atoms with van der Waals surface area (Å²) in [6.07, 6.45) is 2.00. The highest BCUT2D eigenvalue weighted by Gasteiger charge is 2.21. The molecular weight excluding hydrogens is 225 g/mol. The van der Waals surface area contributed by atoms with Gasteiger partial charge in [0.1, 0.15) is 0 Å². The standard InChI is InChI=1S/C12H16FNO3/c1-3-5-9(2)8-17-11-7-4-6-10(13)12(11)14(15)16/h4,6-7,9H,3,5,8H2,1-2H3. The molecule has 1 aromatic carbocycles. The molecule has 0 saturated carbocycles. The first kappa shape index (κ1) is 13.4. The zero-order valence-corrected chi connectivity index (χ0v) is 9.98. The molecule has 0 spiro atoms. The first-order chi connectivity index (χ1) is 8.06. The van der Waals surface area contributed by atoms with Crippen LogP contribution in [0.4, 0.5) is 10.1 Å². The molecule has 0 radical (unpaired) electrons. The minimum atomic E-state index is -0.865. The van der Waals surface area contributed by atoms with Crippen LogP contribution in [0, 0.1) is 21.8 Å². The van der Waals surface area contributed by atoms with Crippen molar-refractivity contribution >= 4 is 5.69 Å². The van der Waals surface area contributed by atoms with Gasteiger partial charge in [0, 0.05) is 0 Å². The molecule has 0 aromatic heterocycles. The van der Waals surface area contributed by atoms with Crippen LogP contribution < -0.4 is 4.74 Å². The number of nitro groups is 1. The van der Waals surface area contributed by atoms with E-state index in [1.807, 2.05) is 6.92 Å². The van der Waals surface area contributed by atoms with Crippen LogP contribution in [-0.4, -0.2) is 11.5 Å². The highest BCUT2D eigenvalue weighted by atomic mass is 19.1. The SMILES string of the molecule is CCCC(C)COc1cccc(F)c1[N+](=O)[O-]. The van der Waals surface area contributed by atoms with Gasteiger partial charge in [0.25, 0.3) is 0 Å². The summed E-state index contributed by atoms with van der Waals surface area (Å²) >= 11 is 0. The van der Waals surface area contributed by atoms with Crippen molar-refractivity contribution in [2.24, 2.45) is 5.92 Å². The topological polar surface area (TPSA) is 52.4 Å². The zero-order valence-electron chi connectivity index (χ0n) is 9.98. The summed E-state index contributed by atoms with van der Waals surface area (Å²) in [5.74, 6) is -0.573. The van der Waals surface area contributed by atoms with Gasteiger partial charge in [0.2, 0.25) is 5.82 Å². The van der Waals surface area contributed by atoms with Crippen molar-refractivity contribution in [1.82, 2.24) is 0 Å². The fourth-order valence-electron chi connectivity index (χ4n) is 1.60. The lowest BCUT2D eigenvalue weighted by molar-refractivity contribution is -0.388. The van der Waals surface area contributed by atoms with E-state index in [-0.39, 0.29) is 5.75 Å². The smallest absolute Gasteiger partial charge is 0.346 e. The zero-order chi connectivity index (χ0) is 12.8. The maximum absolute atomic E-state index is 13.3. The Kier molecular flexibility index (Phi) is 4.87. The number of ether oxygens (including phenoxy) is 1. The fourth-order valence-corrected chi connectivity index (χ4v) is 1.60. The van der Waals surface area contributed by atoms with Gasteiger partial charge in [-0.15, -0.1) is 0 Å². The van der Waals surface area contributed by atoms with Gasteiger partial charge < -0.3 is 4.74 Å². The molecule has 4 nitrogen and oxygen atoms in total. The molecule has 94 valence electrons. The Morgan fingerprint density at radius 2 is 2.24 bits per heavy atom. The van der Waals surface area contributed by atoms with Crippen LogP contribution in [0.5, 0.6) is 5.75 Å². The molecule has 5 heteroatoms. The second kappa shape index (κ2) is 6.18. The molecule has 0 amide bonds. The number of nitro benzene ring substituents is 1. The quantitative estimate of drug-likeness (QED) is 0.565. The Bertz CT molecular complexity index is 395. The average molecular weight is 241 g/mol. The summed E-state index contributed by atoms with van der Waals surface area (Å²) < 4.78 is 18.6. The van der Waals surface area contributed by atoms with Crippen LogP contribution in [0.3, 0.4) is 0 Å². The fraction of sp³-hybridized carbons (Fsp3) is 0.500. The molecule has 0 aliphatic heterocycles. The lowest BCUT2D eigenvalue weighted by Gasteiger charge is -2.12. The highest BCUT2D eigenvalue weighted by Crippen LogP contribution is 2.29. The van der Waals surface area contributed by atoms with E-state index in [4.69, 9.17) is 4.74 Å². The monoisotopic (exact) mass is 241 g/mol. The third-order valence-corrected chi connectivity index (χ3v) is 2.44. The molecule has 0 N–H and O–H groups in total. The van der Waals surface area contributed by atoms with Crippen LogP contribution in [0.2, 0.25) is 0 Å². The first-order valence-corrected chi connectivity index (χ1v) is 5.62. The van der Waals surface area contributed by atoms with Gasteiger partial charge in [-0.2, -0.15) is 4.39 Å². The van der Waals surface area contributed by atoms with Crippen LogP contribution >= 0.6 is 0 Å². The number of nitrogens with zero attached hydrogens (tertiary/aromatic N) is 1. The van der Waals surface area contributed by atoms with Gasteiger partial charge in [-0.1, -0.05) is 26.3 Å². The van der Waals surface area contributed by atoms with E-state index in [0.29, 0.717) is 12.5 Å². The molecule has 0 fully saturated rings. The summed E-state index contributed by atoms with van der Waals surface area (Å²) in [5.41, 5.74) is -0.587. The van der Waals surface area contributed by atoms with Crippen LogP contribution in [-0.2, 0) is 0 Å². The first-order valence-electron chi connectivity index (χ1n) is 5.62. The maximum Gasteiger partial charge on any atom is 0.346 e. The highest BCUT2D eigenvalue weighted by molar-refractivity contribution is 5.47. The molecule has 1 unspecified atom stereocenters. The predicted molar refractivity (Wildman–Crippen MR) is 62.6 cm³/mol. The Labute approximate surface area is 99.6 Å². The third kappa shape index (κ3) is 3.69. The molecule has 0 heterocycles. The molecule has 1 atom stereocenters. The van der Waals surface area contributed by atoms with E-state index >= 15 is 0 Å². The molecular formula is C12H16FNO3. The van der Waals surface area contributed by atoms with Crippen molar-refractivity contribution in [2.45, 2.75) is 26.7 Å². The largest absolute Gasteiger partial charge is 0.486 e. The number of benzene rings is 1. The Morgan fingerprint density at radius 1 is 1.53 bits per heavy atom. The van der Waals surface area contributed by atoms with Gasteiger partial charge >= 0.3 is 5.69 Å². The lowest BCUT2D eigenvalue weighted by atomic mass is 10.1. The summed E-state index contributed by atoms with van der Waals surface area (Å²) in [5, 5.41) is 10.7. The summed E-state index contributed by atoms with van der Waals surface area (Å²) in [7, 11) is 0. The Hall–Kier alpha value is -1.65. The number of rotatable bonds is 6. The molecule has 0 saturated heterocycles. The van der Waals surface area contributed by atoms with Gasteiger partial charge in [-0.25, -0.2) is 0 Å². The van der Waals surface area contributed by atoms with Gasteiger partial charge in [0.15, 0.2) is 5.75 Å². The lowest BCUT2D eigenvalue weighted by Crippen LogP contribution is -2.09. The average Bonchev–Trinajstić information content (AvgIpc) is 2.26. The second-order valence-corrected chi connectivity index (χ2v) is 4.05. The minimum absolute atomic E-state index is 0.00190. The van der Waals surface area contributed by atoms with E-state index in [2.05, 4.69) is 6.92 Å². The van der Waals surface area contributed by atoms with E-state index in [1.54, 1.807) is 0 Å². The molecule has 0 bridgehead atoms. The second-order valence-electron chi connectivity index (χ2n) is 4.05. The van der Waals surface area contributed by atoms with Crippen molar-refractivity contribution in [3.63, 3.8) is 0 Å².